The molecule has 0 radical (unpaired) electrons. The van der Waals surface area contributed by atoms with Crippen molar-refractivity contribution < 1.29 is 8.83 Å². The minimum atomic E-state index is 0.875. The third-order valence-corrected chi connectivity index (χ3v) is 21.9. The molecule has 4 heteroatoms. The molecule has 490 valence electrons. The summed E-state index contributed by atoms with van der Waals surface area (Å²) in [6.45, 7) is 9.00. The Labute approximate surface area is 602 Å². The van der Waals surface area contributed by atoms with Gasteiger partial charge in [-0.2, -0.15) is 0 Å². The maximum absolute atomic E-state index is 6.83. The van der Waals surface area contributed by atoms with E-state index in [1.165, 1.54) is 75.8 Å². The number of anilines is 6. The standard InChI is InChI=1S/C100H68N2O2/c1-61-21-17-33-85(89-37-19-35-87-83-31-13-15-39-95(83)103-99(87)89)97(61)101(71-49-41-65(42-50-71)69-45-53-81-77-27-7-5-23-73(77)75-25-9-11-29-79(75)91(81)59-69)93-55-47-67(57-63(93)3)68-48-56-94(64(4)58-68)102(98-62(2)22-18-34-86(98)90-38-20-36-88-84-32-14-16-40-96(84)104-100(88)90)72-51-43-66(44-52-72)70-46-54-82-78-28-8-6-24-74(78)76-26-10-12-30-80(76)92(82)60-70/h5-60H,1-4H3. The first kappa shape index (κ1) is 60.7. The summed E-state index contributed by atoms with van der Waals surface area (Å²) in [5, 5.41) is 19.6. The van der Waals surface area contributed by atoms with E-state index in [2.05, 4.69) is 377 Å². The molecule has 20 rings (SSSR count). The SMILES string of the molecule is Cc1cc(-c2ccc(N(c3ccc(-c4ccc5c6ccccc6c6ccccc6c5c4)cc3)c3c(C)cccc3-c3cccc4c3oc3ccccc34)c(C)c2)ccc1N(c1ccc(-c2ccc3c4ccccc4c4ccccc4c3c2)cc1)c1c(C)cccc1-c1cccc2c1oc1ccccc12. The molecule has 0 aliphatic carbocycles. The summed E-state index contributed by atoms with van der Waals surface area (Å²) in [5.41, 5.74) is 25.7. The third-order valence-electron chi connectivity index (χ3n) is 21.9. The van der Waals surface area contributed by atoms with Crippen LogP contribution in [0.5, 0.6) is 0 Å². The lowest BCUT2D eigenvalue weighted by molar-refractivity contribution is 0.669. The van der Waals surface area contributed by atoms with Crippen molar-refractivity contribution in [2.45, 2.75) is 27.7 Å². The average Bonchev–Trinajstić information content (AvgIpc) is 1.43. The van der Waals surface area contributed by atoms with Crippen LogP contribution in [-0.2, 0) is 0 Å². The van der Waals surface area contributed by atoms with E-state index in [0.717, 1.165) is 145 Å². The van der Waals surface area contributed by atoms with Gasteiger partial charge in [0.25, 0.3) is 0 Å². The summed E-state index contributed by atoms with van der Waals surface area (Å²) >= 11 is 0. The van der Waals surface area contributed by atoms with E-state index in [9.17, 15) is 0 Å². The maximum Gasteiger partial charge on any atom is 0.143 e. The molecule has 0 fully saturated rings. The van der Waals surface area contributed by atoms with E-state index in [1.54, 1.807) is 0 Å². The van der Waals surface area contributed by atoms with E-state index < -0.39 is 0 Å². The Bertz CT molecular complexity index is 6420. The molecule has 0 amide bonds. The summed E-state index contributed by atoms with van der Waals surface area (Å²) in [4.78, 5) is 4.95. The smallest absolute Gasteiger partial charge is 0.143 e. The average molecular weight is 1330 g/mol. The van der Waals surface area contributed by atoms with Crippen LogP contribution in [0.1, 0.15) is 22.3 Å². The van der Waals surface area contributed by atoms with Crippen LogP contribution >= 0.6 is 0 Å². The van der Waals surface area contributed by atoms with Crippen LogP contribution < -0.4 is 9.80 Å². The summed E-state index contributed by atoms with van der Waals surface area (Å²) in [5.74, 6) is 0. The van der Waals surface area contributed by atoms with Gasteiger partial charge in [0.2, 0.25) is 0 Å². The minimum Gasteiger partial charge on any atom is -0.455 e. The zero-order valence-electron chi connectivity index (χ0n) is 58.0. The second kappa shape index (κ2) is 24.2. The van der Waals surface area contributed by atoms with Crippen molar-refractivity contribution in [2.24, 2.45) is 0 Å². The van der Waals surface area contributed by atoms with Gasteiger partial charge in [0.05, 0.1) is 11.4 Å². The molecule has 0 unspecified atom stereocenters. The van der Waals surface area contributed by atoms with Crippen molar-refractivity contribution in [3.05, 3.63) is 362 Å². The molecule has 20 aromatic rings. The largest absolute Gasteiger partial charge is 0.455 e. The van der Waals surface area contributed by atoms with E-state index in [1.807, 2.05) is 0 Å². The molecule has 0 N–H and O–H groups in total. The lowest BCUT2D eigenvalue weighted by Crippen LogP contribution is -2.14. The number of hydrogen-bond acceptors (Lipinski definition) is 4. The Hall–Kier alpha value is -13.3. The Morgan fingerprint density at radius 3 is 0.837 bits per heavy atom. The third kappa shape index (κ3) is 9.74. The van der Waals surface area contributed by atoms with Gasteiger partial charge in [0.15, 0.2) is 0 Å². The van der Waals surface area contributed by atoms with E-state index >= 15 is 0 Å². The van der Waals surface area contributed by atoms with Gasteiger partial charge in [0, 0.05) is 66.5 Å². The van der Waals surface area contributed by atoms with Gasteiger partial charge >= 0.3 is 0 Å². The molecule has 4 nitrogen and oxygen atoms in total. The van der Waals surface area contributed by atoms with Crippen LogP contribution in [0, 0.1) is 27.7 Å². The summed E-state index contributed by atoms with van der Waals surface area (Å²) in [6, 6.07) is 125. The molecule has 0 saturated carbocycles. The summed E-state index contributed by atoms with van der Waals surface area (Å²) in [6.07, 6.45) is 0. The van der Waals surface area contributed by atoms with Crippen LogP contribution in [0.3, 0.4) is 0 Å². The normalized spacial score (nSPS) is 11.8. The first-order valence-corrected chi connectivity index (χ1v) is 35.9. The maximum atomic E-state index is 6.83. The molecule has 2 aromatic heterocycles. The monoisotopic (exact) mass is 1330 g/mol. The molecule has 104 heavy (non-hydrogen) atoms. The molecular formula is C100H68N2O2. The topological polar surface area (TPSA) is 32.8 Å². The van der Waals surface area contributed by atoms with Gasteiger partial charge in [-0.1, -0.05) is 267 Å². The van der Waals surface area contributed by atoms with E-state index in [0.29, 0.717) is 0 Å². The molecule has 0 aliphatic rings. The fourth-order valence-corrected chi connectivity index (χ4v) is 17.0. The Kier molecular flexibility index (Phi) is 14.1. The molecule has 0 atom stereocenters. The van der Waals surface area contributed by atoms with Crippen LogP contribution in [-0.4, -0.2) is 0 Å². The van der Waals surface area contributed by atoms with E-state index in [-0.39, 0.29) is 0 Å². The van der Waals surface area contributed by atoms with Gasteiger partial charge < -0.3 is 18.6 Å². The number of furan rings is 2. The van der Waals surface area contributed by atoms with Gasteiger partial charge in [0.1, 0.15) is 22.3 Å². The van der Waals surface area contributed by atoms with E-state index in [4.69, 9.17) is 8.83 Å². The Morgan fingerprint density at radius 2 is 0.471 bits per heavy atom. The number of nitrogens with zero attached hydrogens (tertiary/aromatic N) is 2. The Morgan fingerprint density at radius 1 is 0.192 bits per heavy atom. The van der Waals surface area contributed by atoms with Gasteiger partial charge in [-0.3, -0.25) is 0 Å². The van der Waals surface area contributed by atoms with Gasteiger partial charge in [-0.05, 0) is 221 Å². The van der Waals surface area contributed by atoms with Crippen molar-refractivity contribution in [3.63, 3.8) is 0 Å². The predicted molar refractivity (Wildman–Crippen MR) is 442 cm³/mol. The number of aryl methyl sites for hydroxylation is 4. The lowest BCUT2D eigenvalue weighted by Gasteiger charge is -2.31. The van der Waals surface area contributed by atoms with Crippen molar-refractivity contribution in [2.75, 3.05) is 9.80 Å². The zero-order valence-corrected chi connectivity index (χ0v) is 58.0. The molecule has 0 saturated heterocycles. The number of para-hydroxylation sites is 6. The molecule has 18 aromatic carbocycles. The van der Waals surface area contributed by atoms with Crippen LogP contribution in [0.25, 0.3) is 164 Å². The minimum absolute atomic E-state index is 0.875. The van der Waals surface area contributed by atoms with Crippen LogP contribution in [0.15, 0.2) is 349 Å². The van der Waals surface area contributed by atoms with Crippen molar-refractivity contribution in [3.8, 4) is 55.6 Å². The molecule has 2 heterocycles. The molecule has 0 bridgehead atoms. The fraction of sp³-hybridized carbons (Fsp3) is 0.0400. The number of hydrogen-bond donors (Lipinski definition) is 0. The molecule has 0 aliphatic heterocycles. The second-order valence-electron chi connectivity index (χ2n) is 28.0. The summed E-state index contributed by atoms with van der Waals surface area (Å²) in [7, 11) is 0. The van der Waals surface area contributed by atoms with Crippen LogP contribution in [0.2, 0.25) is 0 Å². The fourth-order valence-electron chi connectivity index (χ4n) is 17.0. The predicted octanol–water partition coefficient (Wildman–Crippen LogP) is 28.9. The van der Waals surface area contributed by atoms with Crippen LogP contribution in [0.4, 0.5) is 34.1 Å². The van der Waals surface area contributed by atoms with Crippen molar-refractivity contribution in [1.82, 2.24) is 0 Å². The first-order valence-electron chi connectivity index (χ1n) is 35.9. The molecule has 0 spiro atoms. The number of fused-ring (bicyclic) bond motifs is 18. The molecular weight excluding hydrogens is 1260 g/mol. The van der Waals surface area contributed by atoms with Gasteiger partial charge in [-0.15, -0.1) is 0 Å². The summed E-state index contributed by atoms with van der Waals surface area (Å²) < 4.78 is 13.7. The number of benzene rings is 18. The quantitative estimate of drug-likeness (QED) is 0.121. The lowest BCUT2D eigenvalue weighted by atomic mass is 9.92. The van der Waals surface area contributed by atoms with Gasteiger partial charge in [-0.25, -0.2) is 0 Å². The highest BCUT2D eigenvalue weighted by atomic mass is 16.3. The highest BCUT2D eigenvalue weighted by molar-refractivity contribution is 6.27. The first-order chi connectivity index (χ1) is 51.2. The second-order valence-corrected chi connectivity index (χ2v) is 28.0. The van der Waals surface area contributed by atoms with Crippen molar-refractivity contribution >= 4 is 143 Å². The highest BCUT2D eigenvalue weighted by Gasteiger charge is 2.27. The zero-order chi connectivity index (χ0) is 69.3. The van der Waals surface area contributed by atoms with Crippen molar-refractivity contribution in [1.29, 1.82) is 0 Å². The number of rotatable bonds is 11. The Balaban J connectivity index is 0.713. The highest BCUT2D eigenvalue weighted by Crippen LogP contribution is 2.51.